The van der Waals surface area contributed by atoms with E-state index in [2.05, 4.69) is 22.1 Å². The lowest BCUT2D eigenvalue weighted by Gasteiger charge is -1.95. The van der Waals surface area contributed by atoms with E-state index in [-0.39, 0.29) is 0 Å². The molecule has 0 spiro atoms. The first-order chi connectivity index (χ1) is 6.77. The van der Waals surface area contributed by atoms with Gasteiger partial charge in [-0.15, -0.1) is 0 Å². The summed E-state index contributed by atoms with van der Waals surface area (Å²) in [6.07, 6.45) is 12.0. The predicted octanol–water partition coefficient (Wildman–Crippen LogP) is 3.25. The lowest BCUT2D eigenvalue weighted by molar-refractivity contribution is 1.14. The van der Waals surface area contributed by atoms with Crippen LogP contribution >= 0.6 is 0 Å². The monoisotopic (exact) mass is 188 g/mol. The van der Waals surface area contributed by atoms with Gasteiger partial charge in [-0.1, -0.05) is 30.4 Å². The van der Waals surface area contributed by atoms with Crippen molar-refractivity contribution in [2.45, 2.75) is 20.8 Å². The first kappa shape index (κ1) is 10.5. The molecule has 0 bridgehead atoms. The molecule has 1 heterocycles. The summed E-state index contributed by atoms with van der Waals surface area (Å²) in [6, 6.07) is 0. The molecule has 0 aliphatic heterocycles. The Morgan fingerprint density at radius 2 is 2.14 bits per heavy atom. The lowest BCUT2D eigenvalue weighted by atomic mass is 10.2. The number of rotatable bonds is 3. The summed E-state index contributed by atoms with van der Waals surface area (Å²) in [6.45, 7) is 5.97. The Bertz CT molecular complexity index is 367. The molecule has 14 heavy (non-hydrogen) atoms. The summed E-state index contributed by atoms with van der Waals surface area (Å²) < 4.78 is 0. The van der Waals surface area contributed by atoms with Crippen molar-refractivity contribution in [3.8, 4) is 0 Å². The van der Waals surface area contributed by atoms with Gasteiger partial charge in [0.25, 0.3) is 0 Å². The quantitative estimate of drug-likeness (QED) is 0.725. The van der Waals surface area contributed by atoms with E-state index in [1.165, 1.54) is 0 Å². The molecule has 1 aromatic heterocycles. The van der Waals surface area contributed by atoms with Crippen LogP contribution in [0.3, 0.4) is 0 Å². The molecule has 2 nitrogen and oxygen atoms in total. The van der Waals surface area contributed by atoms with Crippen molar-refractivity contribution >= 4 is 5.57 Å². The minimum Gasteiger partial charge on any atom is -0.342 e. The zero-order chi connectivity index (χ0) is 10.4. The molecule has 0 fully saturated rings. The number of allylic oxidation sites excluding steroid dienone is 6. The predicted molar refractivity (Wildman–Crippen MR) is 60.9 cm³/mol. The minimum atomic E-state index is 0.943. The number of aromatic nitrogens is 2. The Balaban J connectivity index is 2.84. The normalized spacial score (nSPS) is 13.2. The van der Waals surface area contributed by atoms with Crippen LogP contribution in [0.5, 0.6) is 0 Å². The summed E-state index contributed by atoms with van der Waals surface area (Å²) in [5, 5.41) is 0. The van der Waals surface area contributed by atoms with Gasteiger partial charge in [0.1, 0.15) is 5.82 Å². The molecule has 74 valence electrons. The number of hydrogen-bond acceptors (Lipinski definition) is 1. The van der Waals surface area contributed by atoms with Crippen LogP contribution in [0.2, 0.25) is 0 Å². The second kappa shape index (κ2) is 5.22. The van der Waals surface area contributed by atoms with Crippen LogP contribution in [-0.2, 0) is 0 Å². The van der Waals surface area contributed by atoms with Gasteiger partial charge in [0.15, 0.2) is 0 Å². The maximum Gasteiger partial charge on any atom is 0.103 e. The number of aryl methyl sites for hydroxylation is 1. The van der Waals surface area contributed by atoms with Crippen molar-refractivity contribution in [1.82, 2.24) is 9.97 Å². The van der Waals surface area contributed by atoms with E-state index in [1.54, 1.807) is 0 Å². The first-order valence-corrected chi connectivity index (χ1v) is 4.75. The van der Waals surface area contributed by atoms with Crippen molar-refractivity contribution in [2.75, 3.05) is 0 Å². The smallest absolute Gasteiger partial charge is 0.103 e. The van der Waals surface area contributed by atoms with E-state index in [1.807, 2.05) is 45.2 Å². The fourth-order valence-electron chi connectivity index (χ4n) is 1.18. The molecule has 0 radical (unpaired) electrons. The van der Waals surface area contributed by atoms with Crippen molar-refractivity contribution in [3.63, 3.8) is 0 Å². The maximum absolute atomic E-state index is 4.17. The van der Waals surface area contributed by atoms with Gasteiger partial charge in [0.05, 0.1) is 11.9 Å². The molecule has 0 unspecified atom stereocenters. The Morgan fingerprint density at radius 3 is 2.64 bits per heavy atom. The highest BCUT2D eigenvalue weighted by molar-refractivity contribution is 5.71. The fraction of sp³-hybridized carbons (Fsp3) is 0.250. The fourth-order valence-corrected chi connectivity index (χ4v) is 1.18. The van der Waals surface area contributed by atoms with Crippen molar-refractivity contribution in [2.24, 2.45) is 0 Å². The van der Waals surface area contributed by atoms with Gasteiger partial charge in [0.2, 0.25) is 0 Å². The third-order valence-corrected chi connectivity index (χ3v) is 1.90. The largest absolute Gasteiger partial charge is 0.342 e. The van der Waals surface area contributed by atoms with Crippen molar-refractivity contribution < 1.29 is 0 Å². The standard InChI is InChI=1S/C12H16N2/c1-4-6-7-8-11(5-2)12-9-13-10(3)14-12/h4-9H,1-3H3,(H,13,14)/b6-4-,8-7-,11-5+. The van der Waals surface area contributed by atoms with E-state index < -0.39 is 0 Å². The summed E-state index contributed by atoms with van der Waals surface area (Å²) >= 11 is 0. The van der Waals surface area contributed by atoms with E-state index in [4.69, 9.17) is 0 Å². The Hall–Kier alpha value is -1.57. The summed E-state index contributed by atoms with van der Waals surface area (Å²) in [4.78, 5) is 7.36. The minimum absolute atomic E-state index is 0.943. The van der Waals surface area contributed by atoms with E-state index >= 15 is 0 Å². The summed E-state index contributed by atoms with van der Waals surface area (Å²) in [7, 11) is 0. The van der Waals surface area contributed by atoms with Crippen LogP contribution in [-0.4, -0.2) is 9.97 Å². The molecule has 0 aromatic carbocycles. The van der Waals surface area contributed by atoms with Crippen LogP contribution in [0.1, 0.15) is 25.4 Å². The zero-order valence-corrected chi connectivity index (χ0v) is 8.91. The van der Waals surface area contributed by atoms with Gasteiger partial charge in [-0.2, -0.15) is 0 Å². The second-order valence-corrected chi connectivity index (χ2v) is 3.01. The molecule has 2 heteroatoms. The highest BCUT2D eigenvalue weighted by Crippen LogP contribution is 2.13. The molecule has 1 aromatic rings. The highest BCUT2D eigenvalue weighted by Gasteiger charge is 1.98. The zero-order valence-electron chi connectivity index (χ0n) is 8.91. The number of nitrogens with one attached hydrogen (secondary N) is 1. The van der Waals surface area contributed by atoms with Gasteiger partial charge in [0, 0.05) is 0 Å². The van der Waals surface area contributed by atoms with Gasteiger partial charge in [-0.3, -0.25) is 0 Å². The second-order valence-electron chi connectivity index (χ2n) is 3.01. The average molecular weight is 188 g/mol. The van der Waals surface area contributed by atoms with Crippen LogP contribution in [0, 0.1) is 6.92 Å². The highest BCUT2D eigenvalue weighted by atomic mass is 14.9. The molecule has 0 amide bonds. The molecular weight excluding hydrogens is 172 g/mol. The molecule has 0 saturated heterocycles. The van der Waals surface area contributed by atoms with E-state index in [9.17, 15) is 0 Å². The van der Waals surface area contributed by atoms with E-state index in [0.29, 0.717) is 0 Å². The van der Waals surface area contributed by atoms with Crippen LogP contribution in [0.4, 0.5) is 0 Å². The molecule has 1 rings (SSSR count). The summed E-state index contributed by atoms with van der Waals surface area (Å²) in [5.41, 5.74) is 2.22. The molecule has 0 aliphatic carbocycles. The topological polar surface area (TPSA) is 28.7 Å². The number of nitrogens with zero attached hydrogens (tertiary/aromatic N) is 1. The van der Waals surface area contributed by atoms with Crippen molar-refractivity contribution in [1.29, 1.82) is 0 Å². The van der Waals surface area contributed by atoms with Gasteiger partial charge >= 0.3 is 0 Å². The first-order valence-electron chi connectivity index (χ1n) is 4.75. The number of aromatic amines is 1. The SMILES string of the molecule is C\C=C/C=C\C(=C/C)c1cnc(C)[nH]1. The van der Waals surface area contributed by atoms with E-state index in [0.717, 1.165) is 17.1 Å². The molecular formula is C12H16N2. The van der Waals surface area contributed by atoms with Gasteiger partial charge < -0.3 is 4.98 Å². The molecule has 1 N–H and O–H groups in total. The molecule has 0 atom stereocenters. The van der Waals surface area contributed by atoms with Crippen LogP contribution in [0.25, 0.3) is 5.57 Å². The Morgan fingerprint density at radius 1 is 1.36 bits per heavy atom. The maximum atomic E-state index is 4.17. The Kier molecular flexibility index (Phi) is 3.92. The summed E-state index contributed by atoms with van der Waals surface area (Å²) in [5.74, 6) is 0.943. The Labute approximate surface area is 85.1 Å². The molecule has 0 aliphatic rings. The molecule has 0 saturated carbocycles. The lowest BCUT2D eigenvalue weighted by Crippen LogP contribution is -1.80. The number of imidazole rings is 1. The number of H-pyrrole nitrogens is 1. The van der Waals surface area contributed by atoms with Gasteiger partial charge in [-0.05, 0) is 26.3 Å². The number of hydrogen-bond donors (Lipinski definition) is 1. The average Bonchev–Trinajstić information content (AvgIpc) is 2.60. The van der Waals surface area contributed by atoms with Crippen LogP contribution in [0.15, 0.2) is 36.6 Å². The van der Waals surface area contributed by atoms with Crippen LogP contribution < -0.4 is 0 Å². The third kappa shape index (κ3) is 2.73. The van der Waals surface area contributed by atoms with Gasteiger partial charge in [-0.25, -0.2) is 4.98 Å². The van der Waals surface area contributed by atoms with Crippen molar-refractivity contribution in [3.05, 3.63) is 48.1 Å². The third-order valence-electron chi connectivity index (χ3n) is 1.90.